The molecule has 1 atom stereocenters. The molecule has 0 saturated carbocycles. The summed E-state index contributed by atoms with van der Waals surface area (Å²) >= 11 is 1.55. The van der Waals surface area contributed by atoms with Crippen molar-refractivity contribution in [1.82, 2.24) is 29.6 Å². The second-order valence-electron chi connectivity index (χ2n) is 7.77. The molecule has 4 heterocycles. The lowest BCUT2D eigenvalue weighted by Gasteiger charge is -2.32. The molecule has 0 aliphatic carbocycles. The van der Waals surface area contributed by atoms with Gasteiger partial charge < -0.3 is 9.47 Å². The number of hydrogen-bond acceptors (Lipinski definition) is 6. The van der Waals surface area contributed by atoms with E-state index in [4.69, 9.17) is 0 Å². The number of fused-ring (bicyclic) bond motifs is 1. The Hall–Kier alpha value is -1.96. The van der Waals surface area contributed by atoms with Gasteiger partial charge >= 0.3 is 0 Å². The molecule has 2 aromatic heterocycles. The summed E-state index contributed by atoms with van der Waals surface area (Å²) in [7, 11) is 0. The van der Waals surface area contributed by atoms with Gasteiger partial charge in [0.25, 0.3) is 0 Å². The van der Waals surface area contributed by atoms with Gasteiger partial charge in [-0.2, -0.15) is 0 Å². The van der Waals surface area contributed by atoms with Crippen LogP contribution in [-0.2, 0) is 24.2 Å². The van der Waals surface area contributed by atoms with Crippen LogP contribution in [0, 0.1) is 13.8 Å². The molecule has 0 radical (unpaired) electrons. The molecule has 4 rings (SSSR count). The fourth-order valence-electron chi connectivity index (χ4n) is 4.44. The average Bonchev–Trinajstić information content (AvgIpc) is 3.30. The summed E-state index contributed by atoms with van der Waals surface area (Å²) in [6, 6.07) is 0. The third-order valence-corrected chi connectivity index (χ3v) is 6.50. The number of carbonyl (C=O) groups is 1. The molecular weight excluding hydrogens is 372 g/mol. The summed E-state index contributed by atoms with van der Waals surface area (Å²) < 4.78 is 2.27. The van der Waals surface area contributed by atoms with Crippen LogP contribution in [0.1, 0.15) is 60.2 Å². The van der Waals surface area contributed by atoms with Crippen molar-refractivity contribution in [3.8, 4) is 0 Å². The topological polar surface area (TPSA) is 76.8 Å². The van der Waals surface area contributed by atoms with Crippen molar-refractivity contribution in [3.05, 3.63) is 28.6 Å². The third kappa shape index (κ3) is 3.79. The zero-order valence-corrected chi connectivity index (χ0v) is 17.8. The summed E-state index contributed by atoms with van der Waals surface area (Å²) in [5, 5.41) is 9.59. The van der Waals surface area contributed by atoms with E-state index < -0.39 is 0 Å². The molecule has 0 aromatic carbocycles. The van der Waals surface area contributed by atoms with Crippen LogP contribution in [0.5, 0.6) is 0 Å². The van der Waals surface area contributed by atoms with Gasteiger partial charge in [0.1, 0.15) is 11.6 Å². The van der Waals surface area contributed by atoms with Crippen LogP contribution in [0.25, 0.3) is 0 Å². The highest BCUT2D eigenvalue weighted by molar-refractivity contribution is 7.98. The first-order valence-electron chi connectivity index (χ1n) is 10.1. The number of likely N-dealkylation sites (tertiary alicyclic amines) is 1. The summed E-state index contributed by atoms with van der Waals surface area (Å²) in [5.41, 5.74) is 3.08. The van der Waals surface area contributed by atoms with Gasteiger partial charge in [0, 0.05) is 49.8 Å². The van der Waals surface area contributed by atoms with Gasteiger partial charge in [0.05, 0.1) is 0 Å². The molecular formula is C20H28N6OS. The number of nitrogens with zero attached hydrogens (tertiary/aromatic N) is 6. The molecule has 28 heavy (non-hydrogen) atoms. The first-order valence-corrected chi connectivity index (χ1v) is 11.4. The minimum Gasteiger partial charge on any atom is -0.342 e. The van der Waals surface area contributed by atoms with Crippen molar-refractivity contribution in [2.45, 2.75) is 70.0 Å². The first-order chi connectivity index (χ1) is 13.6. The number of amides is 1. The van der Waals surface area contributed by atoms with Crippen molar-refractivity contribution in [1.29, 1.82) is 0 Å². The molecule has 150 valence electrons. The molecule has 0 bridgehead atoms. The Balaban J connectivity index is 1.40. The molecule has 1 saturated heterocycles. The quantitative estimate of drug-likeness (QED) is 0.567. The SMILES string of the molecule is CSc1nc(C)c(CCC(=O)N2CCC[C@@H](c3nnc4n3CCC4)C2)c(C)n1. The Bertz CT molecular complexity index is 857. The zero-order valence-electron chi connectivity index (χ0n) is 16.9. The van der Waals surface area contributed by atoms with Crippen molar-refractivity contribution >= 4 is 17.7 Å². The molecule has 7 nitrogen and oxygen atoms in total. The smallest absolute Gasteiger partial charge is 0.222 e. The lowest BCUT2D eigenvalue weighted by atomic mass is 9.96. The van der Waals surface area contributed by atoms with E-state index >= 15 is 0 Å². The number of thioether (sulfide) groups is 1. The maximum absolute atomic E-state index is 12.9. The normalized spacial score (nSPS) is 19.1. The first kappa shape index (κ1) is 19.4. The average molecular weight is 401 g/mol. The molecule has 2 aliphatic rings. The van der Waals surface area contributed by atoms with Crippen molar-refractivity contribution in [2.24, 2.45) is 0 Å². The maximum Gasteiger partial charge on any atom is 0.222 e. The van der Waals surface area contributed by atoms with Crippen molar-refractivity contribution < 1.29 is 4.79 Å². The predicted molar refractivity (Wildman–Crippen MR) is 109 cm³/mol. The van der Waals surface area contributed by atoms with E-state index in [2.05, 4.69) is 24.7 Å². The second kappa shape index (κ2) is 8.19. The maximum atomic E-state index is 12.9. The van der Waals surface area contributed by atoms with E-state index in [1.807, 2.05) is 25.0 Å². The number of hydrogen-bond donors (Lipinski definition) is 0. The minimum absolute atomic E-state index is 0.221. The Morgan fingerprint density at radius 3 is 2.68 bits per heavy atom. The molecule has 2 aliphatic heterocycles. The molecule has 1 amide bonds. The van der Waals surface area contributed by atoms with Crippen LogP contribution in [0.15, 0.2) is 5.16 Å². The lowest BCUT2D eigenvalue weighted by molar-refractivity contribution is -0.132. The Morgan fingerprint density at radius 2 is 1.93 bits per heavy atom. The second-order valence-corrected chi connectivity index (χ2v) is 8.54. The standard InChI is InChI=1S/C20H28N6OS/c1-13-16(14(2)22-20(21-13)28-3)8-9-18(27)25-10-4-6-15(12-25)19-24-23-17-7-5-11-26(17)19/h15H,4-12H2,1-3H3/t15-/m1/s1. The largest absolute Gasteiger partial charge is 0.342 e. The van der Waals surface area contributed by atoms with Gasteiger partial charge in [-0.05, 0) is 51.3 Å². The van der Waals surface area contributed by atoms with Crippen LogP contribution in [-0.4, -0.2) is 54.9 Å². The van der Waals surface area contributed by atoms with Crippen LogP contribution in [0.2, 0.25) is 0 Å². The van der Waals surface area contributed by atoms with Crippen LogP contribution < -0.4 is 0 Å². The van der Waals surface area contributed by atoms with E-state index in [9.17, 15) is 4.79 Å². The van der Waals surface area contributed by atoms with E-state index in [-0.39, 0.29) is 5.91 Å². The van der Waals surface area contributed by atoms with Gasteiger partial charge in [-0.3, -0.25) is 4.79 Å². The molecule has 0 N–H and O–H groups in total. The van der Waals surface area contributed by atoms with Gasteiger partial charge in [0.15, 0.2) is 5.16 Å². The number of aryl methyl sites for hydroxylation is 3. The van der Waals surface area contributed by atoms with Crippen molar-refractivity contribution in [3.63, 3.8) is 0 Å². The molecule has 0 spiro atoms. The fourth-order valence-corrected chi connectivity index (χ4v) is 4.90. The summed E-state index contributed by atoms with van der Waals surface area (Å²) in [5.74, 6) is 2.72. The van der Waals surface area contributed by atoms with Crippen LogP contribution in [0.4, 0.5) is 0 Å². The molecule has 1 fully saturated rings. The van der Waals surface area contributed by atoms with Crippen molar-refractivity contribution in [2.75, 3.05) is 19.3 Å². The zero-order chi connectivity index (χ0) is 19.7. The predicted octanol–water partition coefficient (Wildman–Crippen LogP) is 2.69. The van der Waals surface area contributed by atoms with Gasteiger partial charge in [-0.25, -0.2) is 9.97 Å². The Labute approximate surface area is 170 Å². The van der Waals surface area contributed by atoms with Crippen LogP contribution in [0.3, 0.4) is 0 Å². The van der Waals surface area contributed by atoms with Gasteiger partial charge in [0.2, 0.25) is 5.91 Å². The number of rotatable bonds is 5. The summed E-state index contributed by atoms with van der Waals surface area (Å²) in [6.45, 7) is 6.65. The molecule has 8 heteroatoms. The Kier molecular flexibility index (Phi) is 5.66. The Morgan fingerprint density at radius 1 is 1.14 bits per heavy atom. The summed E-state index contributed by atoms with van der Waals surface area (Å²) in [6.07, 6.45) is 7.49. The lowest BCUT2D eigenvalue weighted by Crippen LogP contribution is -2.40. The molecule has 2 aromatic rings. The highest BCUT2D eigenvalue weighted by Crippen LogP contribution is 2.29. The van der Waals surface area contributed by atoms with E-state index in [1.165, 1.54) is 0 Å². The van der Waals surface area contributed by atoms with Gasteiger partial charge in [-0.1, -0.05) is 11.8 Å². The number of aromatic nitrogens is 5. The fraction of sp³-hybridized carbons (Fsp3) is 0.650. The van der Waals surface area contributed by atoms with Gasteiger partial charge in [-0.15, -0.1) is 10.2 Å². The van der Waals surface area contributed by atoms with E-state index in [0.717, 1.165) is 79.1 Å². The molecule has 0 unspecified atom stereocenters. The third-order valence-electron chi connectivity index (χ3n) is 5.95. The minimum atomic E-state index is 0.221. The van der Waals surface area contributed by atoms with E-state index in [1.54, 1.807) is 11.8 Å². The van der Waals surface area contributed by atoms with Crippen LogP contribution >= 0.6 is 11.8 Å². The van der Waals surface area contributed by atoms with E-state index in [0.29, 0.717) is 18.8 Å². The number of piperidine rings is 1. The highest BCUT2D eigenvalue weighted by Gasteiger charge is 2.30. The highest BCUT2D eigenvalue weighted by atomic mass is 32.2. The summed E-state index contributed by atoms with van der Waals surface area (Å²) in [4.78, 5) is 24.0. The monoisotopic (exact) mass is 400 g/mol. The number of carbonyl (C=O) groups excluding carboxylic acids is 1.